The molecule has 1 saturated heterocycles. The molecule has 1 aliphatic rings. The first kappa shape index (κ1) is 28.0. The molecule has 0 spiro atoms. The van der Waals surface area contributed by atoms with Crippen molar-refractivity contribution < 1.29 is 33.1 Å². The van der Waals surface area contributed by atoms with Crippen molar-refractivity contribution in [2.45, 2.75) is 31.0 Å². The number of ether oxygens (including phenoxy) is 2. The number of amides is 5. The number of furan rings is 1. The maximum absolute atomic E-state index is 13.4. The summed E-state index contributed by atoms with van der Waals surface area (Å²) in [6.07, 6.45) is 1.61. The van der Waals surface area contributed by atoms with Gasteiger partial charge in [-0.05, 0) is 48.4 Å². The smallest absolute Gasteiger partial charge is 0.319 e. The van der Waals surface area contributed by atoms with Gasteiger partial charge in [-0.25, -0.2) is 4.79 Å². The lowest BCUT2D eigenvalue weighted by atomic mass is 10.0. The molecular formula is C28H31N5O7. The molecule has 0 aliphatic carbocycles. The number of anilines is 1. The molecule has 2 aromatic carbocycles. The minimum absolute atomic E-state index is 0.0445. The standard InChI is InChI=1S/C28H31N5O7/c1-38-20-10-8-17(9-11-20)13-22(25(29)34)32-26(35)23-15-19(16-33(23)27(36)24-7-4-12-40-24)31-28(37)30-18-5-3-6-21(14-18)39-2/h3-12,14,19,22-23H,13,15-16H2,1-2H3,(H2,29,34)(H,32,35)(H2,30,31,37). The van der Waals surface area contributed by atoms with Crippen LogP contribution in [-0.2, 0) is 16.0 Å². The molecule has 4 rings (SSSR count). The summed E-state index contributed by atoms with van der Waals surface area (Å²) in [6, 6.07) is 13.8. The van der Waals surface area contributed by atoms with Gasteiger partial charge >= 0.3 is 6.03 Å². The minimum atomic E-state index is -1.02. The highest BCUT2D eigenvalue weighted by molar-refractivity contribution is 5.97. The Morgan fingerprint density at radius 2 is 1.77 bits per heavy atom. The molecule has 1 aromatic heterocycles. The second-order valence-corrected chi connectivity index (χ2v) is 9.23. The maximum Gasteiger partial charge on any atom is 0.319 e. The Kier molecular flexibility index (Phi) is 8.89. The third kappa shape index (κ3) is 6.90. The van der Waals surface area contributed by atoms with E-state index in [1.165, 1.54) is 24.3 Å². The predicted octanol–water partition coefficient (Wildman–Crippen LogP) is 1.91. The summed E-state index contributed by atoms with van der Waals surface area (Å²) < 4.78 is 15.6. The number of likely N-dealkylation sites (tertiary alicyclic amines) is 1. The van der Waals surface area contributed by atoms with Crippen molar-refractivity contribution in [3.8, 4) is 11.5 Å². The number of rotatable bonds is 10. The normalized spacial score (nSPS) is 17.0. The molecular weight excluding hydrogens is 518 g/mol. The van der Waals surface area contributed by atoms with Gasteiger partial charge in [0.25, 0.3) is 5.91 Å². The van der Waals surface area contributed by atoms with Gasteiger partial charge in [0, 0.05) is 24.7 Å². The number of hydrogen-bond acceptors (Lipinski definition) is 7. The first-order chi connectivity index (χ1) is 19.3. The molecule has 12 heteroatoms. The van der Waals surface area contributed by atoms with Crippen molar-refractivity contribution in [1.29, 1.82) is 0 Å². The van der Waals surface area contributed by atoms with E-state index in [0.717, 1.165) is 5.56 Å². The SMILES string of the molecule is COc1ccc(CC(NC(=O)C2CC(NC(=O)Nc3cccc(OC)c3)CN2C(=O)c2ccco2)C(N)=O)cc1. The second kappa shape index (κ2) is 12.7. The van der Waals surface area contributed by atoms with Crippen LogP contribution in [0.3, 0.4) is 0 Å². The fourth-order valence-electron chi connectivity index (χ4n) is 4.50. The highest BCUT2D eigenvalue weighted by Gasteiger charge is 2.42. The highest BCUT2D eigenvalue weighted by Crippen LogP contribution is 2.23. The van der Waals surface area contributed by atoms with Crippen LogP contribution in [0.25, 0.3) is 0 Å². The van der Waals surface area contributed by atoms with Crippen molar-refractivity contribution in [1.82, 2.24) is 15.5 Å². The topological polar surface area (TPSA) is 165 Å². The van der Waals surface area contributed by atoms with E-state index in [0.29, 0.717) is 17.2 Å². The second-order valence-electron chi connectivity index (χ2n) is 9.23. The van der Waals surface area contributed by atoms with Gasteiger partial charge in [-0.2, -0.15) is 0 Å². The van der Waals surface area contributed by atoms with Gasteiger partial charge in [-0.1, -0.05) is 18.2 Å². The number of nitrogens with one attached hydrogen (secondary N) is 3. The Hall–Kier alpha value is -5.00. The number of primary amides is 1. The number of hydrogen-bond donors (Lipinski definition) is 4. The Labute approximate surface area is 230 Å². The van der Waals surface area contributed by atoms with Crippen molar-refractivity contribution in [3.63, 3.8) is 0 Å². The Morgan fingerprint density at radius 1 is 1.02 bits per heavy atom. The van der Waals surface area contributed by atoms with Crippen molar-refractivity contribution >= 4 is 29.4 Å². The van der Waals surface area contributed by atoms with Crippen LogP contribution in [0.4, 0.5) is 10.5 Å². The summed E-state index contributed by atoms with van der Waals surface area (Å²) in [4.78, 5) is 52.9. The number of methoxy groups -OCH3 is 2. The zero-order valence-corrected chi connectivity index (χ0v) is 22.1. The van der Waals surface area contributed by atoms with Crippen LogP contribution in [0.5, 0.6) is 11.5 Å². The molecule has 210 valence electrons. The molecule has 40 heavy (non-hydrogen) atoms. The molecule has 5 amide bonds. The minimum Gasteiger partial charge on any atom is -0.497 e. The third-order valence-electron chi connectivity index (χ3n) is 6.52. The van der Waals surface area contributed by atoms with Crippen LogP contribution in [0, 0.1) is 0 Å². The van der Waals surface area contributed by atoms with Crippen LogP contribution in [0.1, 0.15) is 22.5 Å². The number of urea groups is 1. The average molecular weight is 550 g/mol. The predicted molar refractivity (Wildman–Crippen MR) is 145 cm³/mol. The quantitative estimate of drug-likeness (QED) is 0.300. The van der Waals surface area contributed by atoms with Crippen molar-refractivity contribution in [3.05, 3.63) is 78.3 Å². The van der Waals surface area contributed by atoms with Gasteiger partial charge in [0.15, 0.2) is 5.76 Å². The van der Waals surface area contributed by atoms with E-state index in [1.807, 2.05) is 0 Å². The maximum atomic E-state index is 13.4. The molecule has 1 fully saturated rings. The molecule has 1 aliphatic heterocycles. The molecule has 3 aromatic rings. The van der Waals surface area contributed by atoms with E-state index < -0.39 is 41.9 Å². The molecule has 0 bridgehead atoms. The van der Waals surface area contributed by atoms with Crippen LogP contribution in [-0.4, -0.2) is 67.5 Å². The zero-order chi connectivity index (χ0) is 28.6. The summed E-state index contributed by atoms with van der Waals surface area (Å²) in [5, 5.41) is 8.21. The number of benzene rings is 2. The number of carbonyl (C=O) groups is 4. The summed E-state index contributed by atoms with van der Waals surface area (Å²) >= 11 is 0. The Balaban J connectivity index is 1.46. The van der Waals surface area contributed by atoms with Gasteiger partial charge in [0.1, 0.15) is 23.6 Å². The van der Waals surface area contributed by atoms with E-state index in [1.54, 1.807) is 61.7 Å². The monoisotopic (exact) mass is 549 g/mol. The summed E-state index contributed by atoms with van der Waals surface area (Å²) in [5.74, 6) is -0.551. The fourth-order valence-corrected chi connectivity index (χ4v) is 4.50. The summed E-state index contributed by atoms with van der Waals surface area (Å²) in [5.41, 5.74) is 6.87. The molecule has 2 heterocycles. The highest BCUT2D eigenvalue weighted by atomic mass is 16.5. The lowest BCUT2D eigenvalue weighted by Crippen LogP contribution is -2.53. The van der Waals surface area contributed by atoms with Crippen LogP contribution in [0.15, 0.2) is 71.3 Å². The number of nitrogens with zero attached hydrogens (tertiary/aromatic N) is 1. The molecule has 5 N–H and O–H groups in total. The van der Waals surface area contributed by atoms with E-state index >= 15 is 0 Å². The van der Waals surface area contributed by atoms with Crippen molar-refractivity contribution in [2.24, 2.45) is 5.73 Å². The summed E-state index contributed by atoms with van der Waals surface area (Å²) in [7, 11) is 3.07. The Bertz CT molecular complexity index is 1340. The van der Waals surface area contributed by atoms with Gasteiger partial charge < -0.3 is 40.5 Å². The molecule has 3 unspecified atom stereocenters. The average Bonchev–Trinajstić information content (AvgIpc) is 3.63. The van der Waals surface area contributed by atoms with Gasteiger partial charge in [-0.15, -0.1) is 0 Å². The van der Waals surface area contributed by atoms with E-state index in [4.69, 9.17) is 19.6 Å². The molecule has 3 atom stereocenters. The summed E-state index contributed by atoms with van der Waals surface area (Å²) in [6.45, 7) is 0.0445. The molecule has 0 radical (unpaired) electrons. The lowest BCUT2D eigenvalue weighted by Gasteiger charge is -2.25. The van der Waals surface area contributed by atoms with E-state index in [2.05, 4.69) is 16.0 Å². The fraction of sp³-hybridized carbons (Fsp3) is 0.286. The third-order valence-corrected chi connectivity index (χ3v) is 6.52. The van der Waals surface area contributed by atoms with Crippen molar-refractivity contribution in [2.75, 3.05) is 26.1 Å². The number of carbonyl (C=O) groups excluding carboxylic acids is 4. The van der Waals surface area contributed by atoms with Crippen LogP contribution < -0.4 is 31.2 Å². The van der Waals surface area contributed by atoms with Gasteiger partial charge in [0.05, 0.1) is 26.5 Å². The first-order valence-electron chi connectivity index (χ1n) is 12.6. The first-order valence-corrected chi connectivity index (χ1v) is 12.6. The zero-order valence-electron chi connectivity index (χ0n) is 22.1. The van der Waals surface area contributed by atoms with E-state index in [-0.39, 0.29) is 25.1 Å². The van der Waals surface area contributed by atoms with E-state index in [9.17, 15) is 19.2 Å². The Morgan fingerprint density at radius 3 is 2.42 bits per heavy atom. The van der Waals surface area contributed by atoms with Gasteiger partial charge in [0.2, 0.25) is 11.8 Å². The molecule has 0 saturated carbocycles. The lowest BCUT2D eigenvalue weighted by molar-refractivity contribution is -0.129. The molecule has 12 nitrogen and oxygen atoms in total. The number of nitrogens with two attached hydrogens (primary N) is 1. The van der Waals surface area contributed by atoms with Crippen LogP contribution in [0.2, 0.25) is 0 Å². The van der Waals surface area contributed by atoms with Crippen LogP contribution >= 0.6 is 0 Å². The largest absolute Gasteiger partial charge is 0.497 e. The van der Waals surface area contributed by atoms with Gasteiger partial charge in [-0.3, -0.25) is 14.4 Å².